The zero-order chi connectivity index (χ0) is 18.7. The summed E-state index contributed by atoms with van der Waals surface area (Å²) in [5.74, 6) is -1.10. The van der Waals surface area contributed by atoms with Gasteiger partial charge in [-0.2, -0.15) is 13.2 Å². The smallest absolute Gasteiger partial charge is 0.349 e. The molecule has 1 heterocycles. The average molecular weight is 403 g/mol. The van der Waals surface area contributed by atoms with Crippen LogP contribution < -0.4 is 10.6 Å². The molecule has 1 aliphatic rings. The van der Waals surface area contributed by atoms with Crippen LogP contribution in [0.3, 0.4) is 0 Å². The number of carbonyl (C=O) groups is 1. The molecule has 1 fully saturated rings. The normalized spacial score (nSPS) is 15.1. The zero-order valence-electron chi connectivity index (χ0n) is 14.3. The van der Waals surface area contributed by atoms with E-state index >= 15 is 0 Å². The molecule has 3 rings (SSSR count). The van der Waals surface area contributed by atoms with Gasteiger partial charge >= 0.3 is 6.18 Å². The van der Waals surface area contributed by atoms with Crippen molar-refractivity contribution in [2.45, 2.75) is 25.1 Å². The van der Waals surface area contributed by atoms with Crippen LogP contribution in [0.15, 0.2) is 42.5 Å². The van der Waals surface area contributed by atoms with E-state index in [0.717, 1.165) is 50.2 Å². The number of halogens is 5. The summed E-state index contributed by atoms with van der Waals surface area (Å²) < 4.78 is 52.6. The van der Waals surface area contributed by atoms with E-state index in [1.54, 1.807) is 0 Å². The third kappa shape index (κ3) is 5.20. The molecule has 1 amide bonds. The lowest BCUT2D eigenvalue weighted by Gasteiger charge is -2.24. The van der Waals surface area contributed by atoms with Gasteiger partial charge < -0.3 is 10.6 Å². The molecular formula is C19H19ClF4N2O. The third-order valence-electron chi connectivity index (χ3n) is 4.40. The number of hydrogen-bond acceptors (Lipinski definition) is 2. The maximum absolute atomic E-state index is 13.7. The van der Waals surface area contributed by atoms with E-state index in [1.165, 1.54) is 18.2 Å². The van der Waals surface area contributed by atoms with E-state index in [9.17, 15) is 22.4 Å². The summed E-state index contributed by atoms with van der Waals surface area (Å²) in [7, 11) is 0. The highest BCUT2D eigenvalue weighted by molar-refractivity contribution is 6.01. The van der Waals surface area contributed by atoms with Crippen molar-refractivity contribution in [2.75, 3.05) is 13.1 Å². The van der Waals surface area contributed by atoms with Crippen molar-refractivity contribution >= 4 is 18.3 Å². The fraction of sp³-hybridized carbons (Fsp3) is 0.316. The van der Waals surface area contributed by atoms with Crippen molar-refractivity contribution in [2.24, 2.45) is 0 Å². The van der Waals surface area contributed by atoms with Crippen molar-refractivity contribution in [3.05, 3.63) is 59.4 Å². The van der Waals surface area contributed by atoms with E-state index in [1.807, 2.05) is 0 Å². The summed E-state index contributed by atoms with van der Waals surface area (Å²) in [6.07, 6.45) is -2.99. The Kier molecular flexibility index (Phi) is 6.84. The van der Waals surface area contributed by atoms with Gasteiger partial charge in [0.25, 0.3) is 5.91 Å². The third-order valence-corrected chi connectivity index (χ3v) is 4.40. The lowest BCUT2D eigenvalue weighted by molar-refractivity contribution is -0.137. The minimum absolute atomic E-state index is 0. The minimum atomic E-state index is -4.49. The molecule has 0 radical (unpaired) electrons. The molecule has 8 heteroatoms. The monoisotopic (exact) mass is 402 g/mol. The molecule has 146 valence electrons. The van der Waals surface area contributed by atoms with Crippen LogP contribution in [-0.4, -0.2) is 25.0 Å². The number of benzene rings is 2. The Morgan fingerprint density at radius 1 is 1.07 bits per heavy atom. The molecule has 1 saturated heterocycles. The first-order valence-electron chi connectivity index (χ1n) is 8.33. The van der Waals surface area contributed by atoms with Gasteiger partial charge in [-0.05, 0) is 61.3 Å². The van der Waals surface area contributed by atoms with Crippen LogP contribution in [0.1, 0.15) is 28.8 Å². The summed E-state index contributed by atoms with van der Waals surface area (Å²) in [5.41, 5.74) is -0.300. The van der Waals surface area contributed by atoms with Crippen LogP contribution in [0, 0.1) is 5.82 Å². The molecule has 0 aromatic heterocycles. The average Bonchev–Trinajstić information content (AvgIpc) is 2.62. The second kappa shape index (κ2) is 8.71. The van der Waals surface area contributed by atoms with Crippen LogP contribution in [0.5, 0.6) is 0 Å². The van der Waals surface area contributed by atoms with Gasteiger partial charge in [0.05, 0.1) is 11.1 Å². The Balaban J connectivity index is 0.00000261. The Labute approximate surface area is 160 Å². The van der Waals surface area contributed by atoms with Gasteiger partial charge in [0.2, 0.25) is 0 Å². The van der Waals surface area contributed by atoms with Gasteiger partial charge in [-0.15, -0.1) is 12.4 Å². The topological polar surface area (TPSA) is 41.1 Å². The summed E-state index contributed by atoms with van der Waals surface area (Å²) >= 11 is 0. The molecule has 0 bridgehead atoms. The van der Waals surface area contributed by atoms with Crippen molar-refractivity contribution < 1.29 is 22.4 Å². The van der Waals surface area contributed by atoms with Crippen LogP contribution >= 0.6 is 12.4 Å². The maximum Gasteiger partial charge on any atom is 0.416 e. The quantitative estimate of drug-likeness (QED) is 0.746. The van der Waals surface area contributed by atoms with Gasteiger partial charge in [0.1, 0.15) is 5.82 Å². The molecule has 2 aromatic carbocycles. The number of piperidine rings is 1. The van der Waals surface area contributed by atoms with Gasteiger partial charge in [-0.1, -0.05) is 18.2 Å². The van der Waals surface area contributed by atoms with Crippen molar-refractivity contribution in [1.82, 2.24) is 10.6 Å². The van der Waals surface area contributed by atoms with Crippen LogP contribution in [0.4, 0.5) is 17.6 Å². The number of nitrogens with one attached hydrogen (secondary N) is 2. The molecule has 0 unspecified atom stereocenters. The van der Waals surface area contributed by atoms with Gasteiger partial charge in [-0.3, -0.25) is 4.79 Å². The summed E-state index contributed by atoms with van der Waals surface area (Å²) in [6.45, 7) is 1.54. The molecule has 2 aromatic rings. The molecule has 0 spiro atoms. The van der Waals surface area contributed by atoms with E-state index < -0.39 is 23.5 Å². The predicted molar refractivity (Wildman–Crippen MR) is 97.4 cm³/mol. The Morgan fingerprint density at radius 2 is 1.78 bits per heavy atom. The highest BCUT2D eigenvalue weighted by Crippen LogP contribution is 2.33. The molecule has 2 N–H and O–H groups in total. The first-order valence-corrected chi connectivity index (χ1v) is 8.33. The van der Waals surface area contributed by atoms with E-state index in [4.69, 9.17) is 0 Å². The van der Waals surface area contributed by atoms with Gasteiger partial charge in [0, 0.05) is 6.04 Å². The van der Waals surface area contributed by atoms with E-state index in [0.29, 0.717) is 0 Å². The van der Waals surface area contributed by atoms with Crippen molar-refractivity contribution in [3.63, 3.8) is 0 Å². The summed E-state index contributed by atoms with van der Waals surface area (Å²) in [4.78, 5) is 12.6. The highest BCUT2D eigenvalue weighted by atomic mass is 35.5. The standard InChI is InChI=1S/C19H18F4N2O.ClH/c20-14-4-5-16(12-2-1-3-13(10-12)19(21,22)23)17(11-14)18(26)25-15-6-8-24-9-7-15;/h1-5,10-11,15,24H,6-9H2,(H,25,26);1H. The molecular weight excluding hydrogens is 384 g/mol. The fourth-order valence-corrected chi connectivity index (χ4v) is 3.05. The van der Waals surface area contributed by atoms with Crippen LogP contribution in [0.25, 0.3) is 11.1 Å². The minimum Gasteiger partial charge on any atom is -0.349 e. The number of alkyl halides is 3. The second-order valence-electron chi connectivity index (χ2n) is 6.27. The first kappa shape index (κ1) is 21.2. The largest absolute Gasteiger partial charge is 0.416 e. The number of amides is 1. The highest BCUT2D eigenvalue weighted by Gasteiger charge is 2.30. The molecule has 1 aliphatic heterocycles. The molecule has 3 nitrogen and oxygen atoms in total. The summed E-state index contributed by atoms with van der Waals surface area (Å²) in [6, 6.07) is 8.17. The molecule has 0 saturated carbocycles. The SMILES string of the molecule is Cl.O=C(NC1CCNCC1)c1cc(F)ccc1-c1cccc(C(F)(F)F)c1. The lowest BCUT2D eigenvalue weighted by Crippen LogP contribution is -2.42. The van der Waals surface area contributed by atoms with Crippen LogP contribution in [0.2, 0.25) is 0 Å². The molecule has 0 aliphatic carbocycles. The Bertz CT molecular complexity index is 805. The van der Waals surface area contributed by atoms with Crippen molar-refractivity contribution in [3.8, 4) is 11.1 Å². The zero-order valence-corrected chi connectivity index (χ0v) is 15.1. The lowest BCUT2D eigenvalue weighted by atomic mass is 9.96. The predicted octanol–water partition coefficient (Wildman–Crippen LogP) is 4.42. The number of hydrogen-bond donors (Lipinski definition) is 2. The van der Waals surface area contributed by atoms with Gasteiger partial charge in [-0.25, -0.2) is 4.39 Å². The maximum atomic E-state index is 13.7. The fourth-order valence-electron chi connectivity index (χ4n) is 3.05. The number of carbonyl (C=O) groups excluding carboxylic acids is 1. The van der Waals surface area contributed by atoms with Gasteiger partial charge in [0.15, 0.2) is 0 Å². The second-order valence-corrected chi connectivity index (χ2v) is 6.27. The van der Waals surface area contributed by atoms with E-state index in [2.05, 4.69) is 10.6 Å². The number of rotatable bonds is 3. The van der Waals surface area contributed by atoms with E-state index in [-0.39, 0.29) is 35.1 Å². The Morgan fingerprint density at radius 3 is 2.44 bits per heavy atom. The van der Waals surface area contributed by atoms with Crippen LogP contribution in [-0.2, 0) is 6.18 Å². The molecule has 27 heavy (non-hydrogen) atoms. The summed E-state index contributed by atoms with van der Waals surface area (Å²) in [5, 5.41) is 6.03. The first-order chi connectivity index (χ1) is 12.3. The Hall–Kier alpha value is -2.12. The molecule has 0 atom stereocenters. The van der Waals surface area contributed by atoms with Crippen molar-refractivity contribution in [1.29, 1.82) is 0 Å².